The summed E-state index contributed by atoms with van der Waals surface area (Å²) in [5, 5.41) is 12.8. The molecule has 0 aromatic heterocycles. The van der Waals surface area contributed by atoms with Crippen LogP contribution >= 0.6 is 0 Å². The number of methoxy groups -OCH3 is 1. The van der Waals surface area contributed by atoms with Crippen LogP contribution in [0.5, 0.6) is 11.5 Å². The minimum absolute atomic E-state index is 0.0200. The smallest absolute Gasteiger partial charge is 0.238 e. The van der Waals surface area contributed by atoms with E-state index in [4.69, 9.17) is 4.74 Å². The Kier molecular flexibility index (Phi) is 5.18. The molecule has 0 radical (unpaired) electrons. The highest BCUT2D eigenvalue weighted by atomic mass is 16.5. The average molecular weight is 266 g/mol. The maximum absolute atomic E-state index is 11.8. The van der Waals surface area contributed by atoms with Gasteiger partial charge in [0, 0.05) is 20.1 Å². The summed E-state index contributed by atoms with van der Waals surface area (Å²) in [6, 6.07) is 4.87. The topological polar surface area (TPSA) is 61.8 Å². The van der Waals surface area contributed by atoms with Crippen molar-refractivity contribution in [3.63, 3.8) is 0 Å². The van der Waals surface area contributed by atoms with Gasteiger partial charge in [-0.15, -0.1) is 0 Å². The van der Waals surface area contributed by atoms with E-state index >= 15 is 0 Å². The Hall–Kier alpha value is -1.75. The van der Waals surface area contributed by atoms with Crippen LogP contribution in [0.4, 0.5) is 0 Å². The van der Waals surface area contributed by atoms with E-state index in [2.05, 4.69) is 5.32 Å². The van der Waals surface area contributed by atoms with Gasteiger partial charge in [0.05, 0.1) is 13.2 Å². The molecule has 0 heterocycles. The van der Waals surface area contributed by atoms with E-state index in [1.54, 1.807) is 31.1 Å². The van der Waals surface area contributed by atoms with Crippen LogP contribution in [0.3, 0.4) is 0 Å². The molecular formula is C14H22N2O3. The van der Waals surface area contributed by atoms with Gasteiger partial charge >= 0.3 is 0 Å². The molecule has 1 amide bonds. The summed E-state index contributed by atoms with van der Waals surface area (Å²) in [5.74, 6) is 0.561. The molecule has 106 valence electrons. The molecular weight excluding hydrogens is 244 g/mol. The van der Waals surface area contributed by atoms with Crippen LogP contribution in [-0.2, 0) is 4.79 Å². The van der Waals surface area contributed by atoms with Gasteiger partial charge < -0.3 is 14.7 Å². The van der Waals surface area contributed by atoms with Crippen molar-refractivity contribution in [3.05, 3.63) is 23.8 Å². The fourth-order valence-electron chi connectivity index (χ4n) is 1.89. The zero-order valence-corrected chi connectivity index (χ0v) is 12.1. The van der Waals surface area contributed by atoms with Gasteiger partial charge in [0.15, 0.2) is 11.5 Å². The minimum atomic E-state index is -0.273. The van der Waals surface area contributed by atoms with Crippen LogP contribution in [0.2, 0.25) is 0 Å². The number of carbonyl (C=O) groups is 1. The summed E-state index contributed by atoms with van der Waals surface area (Å²) in [6.45, 7) is 3.79. The molecule has 5 heteroatoms. The number of benzene rings is 1. The Bertz CT molecular complexity index is 446. The third kappa shape index (κ3) is 3.86. The molecule has 1 aromatic carbocycles. The van der Waals surface area contributed by atoms with Gasteiger partial charge in [-0.3, -0.25) is 10.1 Å². The van der Waals surface area contributed by atoms with Crippen LogP contribution in [0.1, 0.15) is 25.5 Å². The van der Waals surface area contributed by atoms with Gasteiger partial charge in [-0.1, -0.05) is 6.07 Å². The molecule has 2 atom stereocenters. The number of amides is 1. The third-order valence-electron chi connectivity index (χ3n) is 3.01. The second-order valence-corrected chi connectivity index (χ2v) is 4.77. The van der Waals surface area contributed by atoms with Gasteiger partial charge in [-0.25, -0.2) is 0 Å². The first-order valence-electron chi connectivity index (χ1n) is 6.21. The number of nitrogens with one attached hydrogen (secondary N) is 1. The molecule has 0 saturated carbocycles. The molecule has 1 aromatic rings. The van der Waals surface area contributed by atoms with Crippen LogP contribution in [0.25, 0.3) is 0 Å². The predicted molar refractivity (Wildman–Crippen MR) is 74.4 cm³/mol. The van der Waals surface area contributed by atoms with E-state index in [9.17, 15) is 9.90 Å². The first kappa shape index (κ1) is 15.3. The number of nitrogens with zero attached hydrogens (tertiary/aromatic N) is 1. The highest BCUT2D eigenvalue weighted by Crippen LogP contribution is 2.28. The quantitative estimate of drug-likeness (QED) is 0.848. The van der Waals surface area contributed by atoms with E-state index in [0.717, 1.165) is 5.56 Å². The van der Waals surface area contributed by atoms with Crippen molar-refractivity contribution >= 4 is 5.91 Å². The van der Waals surface area contributed by atoms with Gasteiger partial charge in [0.2, 0.25) is 5.91 Å². The maximum Gasteiger partial charge on any atom is 0.238 e. The lowest BCUT2D eigenvalue weighted by Crippen LogP contribution is -2.42. The van der Waals surface area contributed by atoms with Crippen molar-refractivity contribution < 1.29 is 14.6 Å². The monoisotopic (exact) mass is 266 g/mol. The molecule has 0 aliphatic rings. The Labute approximate surface area is 114 Å². The van der Waals surface area contributed by atoms with Crippen LogP contribution < -0.4 is 10.1 Å². The SMILES string of the molecule is COc1cc(C(C)NC(C)C(=O)N(C)C)ccc1O. The fourth-order valence-corrected chi connectivity index (χ4v) is 1.89. The molecule has 0 aliphatic heterocycles. The zero-order chi connectivity index (χ0) is 14.6. The Balaban J connectivity index is 2.78. The number of aromatic hydroxyl groups is 1. The molecule has 0 bridgehead atoms. The fraction of sp³-hybridized carbons (Fsp3) is 0.500. The van der Waals surface area contributed by atoms with Gasteiger partial charge in [-0.2, -0.15) is 0 Å². The number of carbonyl (C=O) groups excluding carboxylic acids is 1. The van der Waals surface area contributed by atoms with Gasteiger partial charge in [0.25, 0.3) is 0 Å². The first-order chi connectivity index (χ1) is 8.86. The van der Waals surface area contributed by atoms with E-state index in [1.165, 1.54) is 7.11 Å². The van der Waals surface area contributed by atoms with E-state index in [1.807, 2.05) is 19.9 Å². The van der Waals surface area contributed by atoms with Gasteiger partial charge in [0.1, 0.15) is 0 Å². The summed E-state index contributed by atoms with van der Waals surface area (Å²) < 4.78 is 5.07. The second kappa shape index (κ2) is 6.43. The lowest BCUT2D eigenvalue weighted by atomic mass is 10.1. The van der Waals surface area contributed by atoms with Crippen molar-refractivity contribution in [1.82, 2.24) is 10.2 Å². The summed E-state index contributed by atoms with van der Waals surface area (Å²) >= 11 is 0. The molecule has 0 spiro atoms. The summed E-state index contributed by atoms with van der Waals surface area (Å²) in [5.41, 5.74) is 0.952. The highest BCUT2D eigenvalue weighted by molar-refractivity contribution is 5.80. The molecule has 0 fully saturated rings. The number of hydrogen-bond acceptors (Lipinski definition) is 4. The van der Waals surface area contributed by atoms with Crippen LogP contribution in [0.15, 0.2) is 18.2 Å². The molecule has 0 saturated heterocycles. The number of hydrogen-bond donors (Lipinski definition) is 2. The molecule has 1 rings (SSSR count). The normalized spacial score (nSPS) is 13.7. The van der Waals surface area contributed by atoms with Crippen LogP contribution in [0, 0.1) is 0 Å². The summed E-state index contributed by atoms with van der Waals surface area (Å²) in [4.78, 5) is 13.3. The van der Waals surface area contributed by atoms with Gasteiger partial charge in [-0.05, 0) is 31.5 Å². The van der Waals surface area contributed by atoms with Crippen molar-refractivity contribution in [2.24, 2.45) is 0 Å². The zero-order valence-electron chi connectivity index (χ0n) is 12.1. The van der Waals surface area contributed by atoms with E-state index < -0.39 is 0 Å². The predicted octanol–water partition coefficient (Wildman–Crippen LogP) is 1.53. The maximum atomic E-state index is 11.8. The van der Waals surface area contributed by atoms with E-state index in [0.29, 0.717) is 5.75 Å². The number of phenolic OH excluding ortho intramolecular Hbond substituents is 1. The number of phenols is 1. The second-order valence-electron chi connectivity index (χ2n) is 4.77. The third-order valence-corrected chi connectivity index (χ3v) is 3.01. The number of ether oxygens (including phenoxy) is 1. The van der Waals surface area contributed by atoms with Crippen molar-refractivity contribution in [1.29, 1.82) is 0 Å². The Morgan fingerprint density at radius 2 is 2.00 bits per heavy atom. The molecule has 5 nitrogen and oxygen atoms in total. The first-order valence-corrected chi connectivity index (χ1v) is 6.21. The Morgan fingerprint density at radius 1 is 1.37 bits per heavy atom. The standard InChI is InChI=1S/C14H22N2O3/c1-9(15-10(2)14(18)16(3)4)11-6-7-12(17)13(8-11)19-5/h6-10,15,17H,1-5H3. The largest absolute Gasteiger partial charge is 0.504 e. The van der Waals surface area contributed by atoms with E-state index in [-0.39, 0.29) is 23.7 Å². The molecule has 2 unspecified atom stereocenters. The molecule has 19 heavy (non-hydrogen) atoms. The highest BCUT2D eigenvalue weighted by Gasteiger charge is 2.18. The average Bonchev–Trinajstić information content (AvgIpc) is 2.37. The summed E-state index contributed by atoms with van der Waals surface area (Å²) in [7, 11) is 4.97. The van der Waals surface area contributed by atoms with Crippen molar-refractivity contribution in [2.75, 3.05) is 21.2 Å². The Morgan fingerprint density at radius 3 is 2.53 bits per heavy atom. The van der Waals surface area contributed by atoms with Crippen LogP contribution in [-0.4, -0.2) is 43.2 Å². The lowest BCUT2D eigenvalue weighted by Gasteiger charge is -2.22. The van der Waals surface area contributed by atoms with Crippen molar-refractivity contribution in [3.8, 4) is 11.5 Å². The summed E-state index contributed by atoms with van der Waals surface area (Å²) in [6.07, 6.45) is 0. The lowest BCUT2D eigenvalue weighted by molar-refractivity contribution is -0.130. The number of likely N-dealkylation sites (N-methyl/N-ethyl adjacent to an activating group) is 1. The molecule has 0 aliphatic carbocycles. The van der Waals surface area contributed by atoms with Crippen molar-refractivity contribution in [2.45, 2.75) is 25.9 Å². The minimum Gasteiger partial charge on any atom is -0.504 e. The molecule has 2 N–H and O–H groups in total. The number of rotatable bonds is 5.